The number of benzene rings is 4. The number of ether oxygens (including phenoxy) is 16. The third-order valence-corrected chi connectivity index (χ3v) is 14.6. The molecule has 0 bridgehead atoms. The highest BCUT2D eigenvalue weighted by Crippen LogP contribution is 2.38. The Morgan fingerprint density at radius 2 is 0.598 bits per heavy atom. The molecule has 0 aromatic heterocycles. The molecular weight excluding hydrogens is 1200 g/mol. The molecule has 3 heterocycles. The Morgan fingerprint density at radius 3 is 1.01 bits per heavy atom. The first-order valence-corrected chi connectivity index (χ1v) is 30.7. The van der Waals surface area contributed by atoms with Gasteiger partial charge in [0, 0.05) is 27.7 Å². The van der Waals surface area contributed by atoms with Crippen molar-refractivity contribution in [3.05, 3.63) is 144 Å². The summed E-state index contributed by atoms with van der Waals surface area (Å²) in [6.45, 7) is 17.7. The Hall–Kier alpha value is -7.19. The van der Waals surface area contributed by atoms with E-state index in [1.807, 2.05) is 121 Å². The van der Waals surface area contributed by atoms with Gasteiger partial charge in [-0.2, -0.15) is 0 Å². The summed E-state index contributed by atoms with van der Waals surface area (Å²) in [6.07, 6.45) is -22.3. The smallest absolute Gasteiger partial charge is 0.311 e. The molecule has 0 radical (unpaired) electrons. The van der Waals surface area contributed by atoms with Gasteiger partial charge < -0.3 is 75.8 Å². The van der Waals surface area contributed by atoms with E-state index in [1.165, 1.54) is 0 Å². The molecule has 3 saturated heterocycles. The average molecular weight is 1290 g/mol. The number of carbonyl (C=O) groups excluding carboxylic acids is 7. The van der Waals surface area contributed by atoms with Crippen LogP contribution < -0.4 is 0 Å². The molecule has 3 aliphatic rings. The molecule has 4 aromatic rings. The highest BCUT2D eigenvalue weighted by atomic mass is 16.8. The fraction of sp³-hybridized carbons (Fsp3) is 0.551. The zero-order valence-corrected chi connectivity index (χ0v) is 54.5. The van der Waals surface area contributed by atoms with Crippen LogP contribution in [0.3, 0.4) is 0 Å². The summed E-state index contributed by atoms with van der Waals surface area (Å²) in [6, 6.07) is 38.1. The van der Waals surface area contributed by atoms with Crippen molar-refractivity contribution in [2.45, 2.75) is 209 Å². The molecule has 3 aliphatic heterocycles. The lowest BCUT2D eigenvalue weighted by molar-refractivity contribution is -0.351. The van der Waals surface area contributed by atoms with Gasteiger partial charge in [-0.25, -0.2) is 0 Å². The van der Waals surface area contributed by atoms with E-state index in [2.05, 4.69) is 0 Å². The third-order valence-electron chi connectivity index (χ3n) is 14.6. The van der Waals surface area contributed by atoms with Crippen molar-refractivity contribution in [3.8, 4) is 0 Å². The number of esters is 7. The van der Waals surface area contributed by atoms with E-state index in [0.717, 1.165) is 49.9 Å². The number of hydrogen-bond donors (Lipinski definition) is 0. The van der Waals surface area contributed by atoms with E-state index >= 15 is 0 Å². The van der Waals surface area contributed by atoms with E-state index < -0.39 is 163 Å². The molecule has 15 atom stereocenters. The minimum atomic E-state index is -1.85. The van der Waals surface area contributed by atoms with Crippen LogP contribution in [-0.2, 0) is 136 Å². The molecule has 4 aromatic carbocycles. The van der Waals surface area contributed by atoms with E-state index in [0.29, 0.717) is 0 Å². The van der Waals surface area contributed by atoms with Gasteiger partial charge in [-0.3, -0.25) is 33.6 Å². The molecule has 23 nitrogen and oxygen atoms in total. The van der Waals surface area contributed by atoms with Crippen LogP contribution in [0.2, 0.25) is 0 Å². The van der Waals surface area contributed by atoms with Crippen molar-refractivity contribution in [1.29, 1.82) is 0 Å². The van der Waals surface area contributed by atoms with Crippen molar-refractivity contribution >= 4 is 41.8 Å². The molecule has 0 amide bonds. The van der Waals surface area contributed by atoms with Gasteiger partial charge in [0.25, 0.3) is 0 Å². The standard InChI is InChI=1S/C69H88O23/c1-41(70)83-53-50(89-63(86-44(4)73)60(85-43(3)72)56(53)84-42(2)71)39-82-62-59(92-66(76)69(11,12)13)57(91-65(75)68(8,9)10)54(90-64(74)67(5,6)7)51(88-62)40-81-61-58(80-37-48-32-24-17-25-33-48)55(79-36-47-30-22-16-23-31-47)52(78-35-46-28-20-15-21-29-46)49(87-61)38-77-34-45-26-18-14-19-27-45/h14-33,49-63H,34-40H2,1-13H3/t49-,50-,51-,52-,53-,54-,55+,56+,57+,58-,59-,60-,61+,62-,63-/m1/s1. The van der Waals surface area contributed by atoms with Gasteiger partial charge in [-0.1, -0.05) is 121 Å². The highest BCUT2D eigenvalue weighted by molar-refractivity contribution is 5.78. The fourth-order valence-corrected chi connectivity index (χ4v) is 9.96. The van der Waals surface area contributed by atoms with Crippen molar-refractivity contribution in [2.24, 2.45) is 16.2 Å². The minimum absolute atomic E-state index is 0.0314. The predicted molar refractivity (Wildman–Crippen MR) is 325 cm³/mol. The summed E-state index contributed by atoms with van der Waals surface area (Å²) in [5.74, 6) is -6.08. The topological polar surface area (TPSA) is 267 Å². The van der Waals surface area contributed by atoms with Crippen molar-refractivity contribution in [1.82, 2.24) is 0 Å². The van der Waals surface area contributed by atoms with E-state index in [9.17, 15) is 33.6 Å². The Labute approximate surface area is 537 Å². The number of rotatable bonds is 26. The van der Waals surface area contributed by atoms with Crippen molar-refractivity contribution < 1.29 is 109 Å². The van der Waals surface area contributed by atoms with Gasteiger partial charge in [0.05, 0.1) is 62.5 Å². The van der Waals surface area contributed by atoms with Gasteiger partial charge in [0.1, 0.15) is 36.6 Å². The van der Waals surface area contributed by atoms with Gasteiger partial charge in [-0.15, -0.1) is 0 Å². The Kier molecular flexibility index (Phi) is 26.0. The van der Waals surface area contributed by atoms with Gasteiger partial charge in [-0.05, 0) is 84.6 Å². The lowest BCUT2D eigenvalue weighted by atomic mass is 9.93. The van der Waals surface area contributed by atoms with Crippen LogP contribution in [0.4, 0.5) is 0 Å². The first-order chi connectivity index (χ1) is 43.5. The second kappa shape index (κ2) is 33.1. The first-order valence-electron chi connectivity index (χ1n) is 30.7. The van der Waals surface area contributed by atoms with Crippen LogP contribution in [-0.4, -0.2) is 154 Å². The van der Waals surface area contributed by atoms with E-state index in [1.54, 1.807) is 62.3 Å². The van der Waals surface area contributed by atoms with Gasteiger partial charge >= 0.3 is 41.8 Å². The van der Waals surface area contributed by atoms with Crippen LogP contribution >= 0.6 is 0 Å². The fourth-order valence-electron chi connectivity index (χ4n) is 9.96. The summed E-state index contributed by atoms with van der Waals surface area (Å²) in [4.78, 5) is 94.2. The monoisotopic (exact) mass is 1280 g/mol. The Balaban J connectivity index is 1.35. The molecule has 7 rings (SSSR count). The molecule has 0 aliphatic carbocycles. The van der Waals surface area contributed by atoms with Crippen LogP contribution in [0, 0.1) is 16.2 Å². The predicted octanol–water partition coefficient (Wildman–Crippen LogP) is 8.40. The molecule has 502 valence electrons. The molecule has 0 saturated carbocycles. The summed E-state index contributed by atoms with van der Waals surface area (Å²) in [5.41, 5.74) is -0.268. The van der Waals surface area contributed by atoms with Gasteiger partial charge in [0.2, 0.25) is 12.4 Å². The maximum atomic E-state index is 14.5. The molecule has 23 heteroatoms. The summed E-state index contributed by atoms with van der Waals surface area (Å²) < 4.78 is 102. The SMILES string of the molecule is CC(=O)O[C@@H]1O[C@H](CO[C@@H]2O[C@H](CO[C@H]3O[C@H](COCc4ccccc4)[C@@H](OCc4ccccc4)[C@H](OCc4ccccc4)[C@H]3OCc3ccccc3)[C@@H](OC(=O)C(C)(C)C)[C@H](OC(=O)C(C)(C)C)[C@H]2OC(=O)C(C)(C)C)[C@@H](OC(C)=O)[C@H](OC(C)=O)[C@H]1OC(C)=O. The normalized spacial score (nSPS) is 26.7. The maximum Gasteiger partial charge on any atom is 0.311 e. The molecule has 3 fully saturated rings. The molecule has 0 unspecified atom stereocenters. The lowest BCUT2D eigenvalue weighted by Crippen LogP contribution is -2.66. The highest BCUT2D eigenvalue weighted by Gasteiger charge is 2.58. The van der Waals surface area contributed by atoms with Gasteiger partial charge in [0.15, 0.2) is 43.1 Å². The van der Waals surface area contributed by atoms with Crippen LogP contribution in [0.25, 0.3) is 0 Å². The summed E-state index contributed by atoms with van der Waals surface area (Å²) >= 11 is 0. The number of carbonyl (C=O) groups is 7. The van der Waals surface area contributed by atoms with Crippen LogP contribution in [0.1, 0.15) is 112 Å². The maximum absolute atomic E-state index is 14.5. The minimum Gasteiger partial charge on any atom is -0.456 e. The number of hydrogen-bond acceptors (Lipinski definition) is 23. The van der Waals surface area contributed by atoms with Crippen molar-refractivity contribution in [2.75, 3.05) is 19.8 Å². The van der Waals surface area contributed by atoms with E-state index in [-0.39, 0.29) is 33.0 Å². The third kappa shape index (κ3) is 21.2. The molecule has 0 spiro atoms. The second-order valence-corrected chi connectivity index (χ2v) is 25.8. The quantitative estimate of drug-likeness (QED) is 0.0422. The largest absolute Gasteiger partial charge is 0.456 e. The zero-order chi connectivity index (χ0) is 66.9. The Morgan fingerprint density at radius 1 is 0.304 bits per heavy atom. The van der Waals surface area contributed by atoms with E-state index in [4.69, 9.17) is 75.8 Å². The zero-order valence-electron chi connectivity index (χ0n) is 54.5. The Bertz CT molecular complexity index is 3020. The average Bonchev–Trinajstić information content (AvgIpc) is 0.785. The summed E-state index contributed by atoms with van der Waals surface area (Å²) in [7, 11) is 0. The summed E-state index contributed by atoms with van der Waals surface area (Å²) in [5, 5.41) is 0. The molecular formula is C69H88O23. The second-order valence-electron chi connectivity index (χ2n) is 25.8. The van der Waals surface area contributed by atoms with Crippen LogP contribution in [0.15, 0.2) is 121 Å². The lowest BCUT2D eigenvalue weighted by Gasteiger charge is -2.48. The van der Waals surface area contributed by atoms with Crippen LogP contribution in [0.5, 0.6) is 0 Å². The molecule has 0 N–H and O–H groups in total. The van der Waals surface area contributed by atoms with Crippen molar-refractivity contribution in [3.63, 3.8) is 0 Å². The molecule has 92 heavy (non-hydrogen) atoms. The first kappa shape index (κ1) is 72.2.